The lowest BCUT2D eigenvalue weighted by Gasteiger charge is -2.17. The molecule has 12 heteroatoms. The fourth-order valence-corrected chi connectivity index (χ4v) is 3.45. The average Bonchev–Trinajstić information content (AvgIpc) is 2.87. The molecule has 2 aromatic carbocycles. The summed E-state index contributed by atoms with van der Waals surface area (Å²) in [5.74, 6) is -2.00. The van der Waals surface area contributed by atoms with Crippen molar-refractivity contribution in [2.75, 3.05) is 5.32 Å². The van der Waals surface area contributed by atoms with Crippen LogP contribution in [0.2, 0.25) is 5.02 Å². The van der Waals surface area contributed by atoms with E-state index in [1.165, 1.54) is 23.6 Å². The van der Waals surface area contributed by atoms with Gasteiger partial charge in [0, 0.05) is 23.3 Å². The molecule has 37 heavy (non-hydrogen) atoms. The minimum atomic E-state index is -1.14. The van der Waals surface area contributed by atoms with Crippen LogP contribution in [0.25, 0.3) is 0 Å². The number of nitrogens with one attached hydrogen (secondary N) is 1. The fourth-order valence-electron chi connectivity index (χ4n) is 3.33. The summed E-state index contributed by atoms with van der Waals surface area (Å²) in [5.41, 5.74) is -0.390. The molecule has 1 atom stereocenters. The molecule has 2 heterocycles. The summed E-state index contributed by atoms with van der Waals surface area (Å²) in [4.78, 5) is 45.1. The van der Waals surface area contributed by atoms with Crippen molar-refractivity contribution in [2.24, 2.45) is 5.92 Å². The Labute approximate surface area is 214 Å². The number of halogens is 2. The highest BCUT2D eigenvalue weighted by Crippen LogP contribution is 2.23. The zero-order valence-electron chi connectivity index (χ0n) is 19.5. The van der Waals surface area contributed by atoms with Crippen LogP contribution >= 0.6 is 11.6 Å². The third kappa shape index (κ3) is 6.39. The molecule has 0 bridgehead atoms. The first kappa shape index (κ1) is 25.6. The van der Waals surface area contributed by atoms with Gasteiger partial charge in [-0.25, -0.2) is 23.5 Å². The number of benzene rings is 2. The number of hydrogen-bond donors (Lipinski definition) is 2. The van der Waals surface area contributed by atoms with Gasteiger partial charge in [0.15, 0.2) is 0 Å². The largest absolute Gasteiger partial charge is 0.481 e. The Bertz CT molecular complexity index is 1520. The van der Waals surface area contributed by atoms with Crippen LogP contribution in [0.3, 0.4) is 0 Å². The number of nitrogens with zero attached hydrogens (tertiary/aromatic N) is 4. The predicted octanol–water partition coefficient (Wildman–Crippen LogP) is 3.90. The summed E-state index contributed by atoms with van der Waals surface area (Å²) >= 11 is 5.96. The van der Waals surface area contributed by atoms with Gasteiger partial charge in [0.05, 0.1) is 18.7 Å². The van der Waals surface area contributed by atoms with Gasteiger partial charge in [-0.15, -0.1) is 0 Å². The molecule has 0 fully saturated rings. The van der Waals surface area contributed by atoms with Crippen molar-refractivity contribution in [3.8, 4) is 11.6 Å². The number of carboxylic acid groups (broad SMARTS) is 1. The van der Waals surface area contributed by atoms with Gasteiger partial charge in [-0.1, -0.05) is 30.7 Å². The molecular formula is C25H21ClFN5O5. The number of ether oxygens (including phenoxy) is 1. The second kappa shape index (κ2) is 11.0. The van der Waals surface area contributed by atoms with E-state index in [2.05, 4.69) is 15.3 Å². The van der Waals surface area contributed by atoms with Crippen molar-refractivity contribution >= 4 is 29.2 Å². The van der Waals surface area contributed by atoms with Crippen LogP contribution in [-0.4, -0.2) is 30.2 Å². The quantitative estimate of drug-likeness (QED) is 0.337. The Morgan fingerprint density at radius 1 is 1.08 bits per heavy atom. The molecule has 0 radical (unpaired) electrons. The molecule has 0 spiro atoms. The Kier molecular flexibility index (Phi) is 7.63. The van der Waals surface area contributed by atoms with Crippen molar-refractivity contribution in [2.45, 2.75) is 20.0 Å². The Balaban J connectivity index is 1.65. The van der Waals surface area contributed by atoms with Crippen LogP contribution in [0.5, 0.6) is 11.6 Å². The molecule has 0 saturated heterocycles. The van der Waals surface area contributed by atoms with E-state index in [4.69, 9.17) is 16.3 Å². The number of carbonyl (C=O) groups is 1. The third-order valence-electron chi connectivity index (χ3n) is 5.32. The standard InChI is InChI=1S/C25H21ClFN5O5/c1-15(22(33)34)13-32-24(35)30-23(31(25(32)36)14-16-2-4-17(26)5-3-16)29-19-7-9-20(10-8-19)37-21-11-6-18(27)12-28-21/h2-12,15H,13-14H2,1H3,(H,33,34)(H,29,30,35)/t15-/m0/s1. The van der Waals surface area contributed by atoms with Crippen molar-refractivity contribution in [1.29, 1.82) is 0 Å². The topological polar surface area (TPSA) is 128 Å². The number of carboxylic acids is 1. The molecule has 4 aromatic rings. The number of aliphatic carboxylic acids is 1. The van der Waals surface area contributed by atoms with Gasteiger partial charge in [-0.05, 0) is 48.0 Å². The highest BCUT2D eigenvalue weighted by molar-refractivity contribution is 6.30. The fraction of sp³-hybridized carbons (Fsp3) is 0.160. The molecule has 190 valence electrons. The van der Waals surface area contributed by atoms with Gasteiger partial charge in [-0.3, -0.25) is 9.36 Å². The van der Waals surface area contributed by atoms with E-state index in [-0.39, 0.29) is 24.9 Å². The van der Waals surface area contributed by atoms with Crippen molar-refractivity contribution in [3.05, 3.63) is 104 Å². The monoisotopic (exact) mass is 525 g/mol. The van der Waals surface area contributed by atoms with Crippen molar-refractivity contribution < 1.29 is 19.0 Å². The molecule has 0 aliphatic rings. The lowest BCUT2D eigenvalue weighted by molar-refractivity contribution is -0.141. The van der Waals surface area contributed by atoms with Gasteiger partial charge >= 0.3 is 17.3 Å². The SMILES string of the molecule is C[C@@H](Cn1c(=O)nc(Nc2ccc(Oc3ccc(F)cn3)cc2)n(Cc2ccc(Cl)cc2)c1=O)C(=O)O. The molecule has 0 unspecified atom stereocenters. The van der Waals surface area contributed by atoms with Gasteiger partial charge in [-0.2, -0.15) is 4.98 Å². The van der Waals surface area contributed by atoms with E-state index in [0.29, 0.717) is 22.0 Å². The smallest absolute Gasteiger partial charge is 0.354 e. The van der Waals surface area contributed by atoms with Gasteiger partial charge in [0.1, 0.15) is 11.6 Å². The van der Waals surface area contributed by atoms with E-state index in [0.717, 1.165) is 10.8 Å². The third-order valence-corrected chi connectivity index (χ3v) is 5.57. The average molecular weight is 526 g/mol. The van der Waals surface area contributed by atoms with E-state index < -0.39 is 29.1 Å². The second-order valence-corrected chi connectivity index (χ2v) is 8.57. The molecule has 2 aromatic heterocycles. The summed E-state index contributed by atoms with van der Waals surface area (Å²) < 4.78 is 20.7. The lowest BCUT2D eigenvalue weighted by Crippen LogP contribution is -2.44. The maximum Gasteiger partial charge on any atom is 0.354 e. The second-order valence-electron chi connectivity index (χ2n) is 8.13. The van der Waals surface area contributed by atoms with Crippen LogP contribution in [-0.2, 0) is 17.9 Å². The summed E-state index contributed by atoms with van der Waals surface area (Å²) in [6.45, 7) is 1.11. The molecule has 10 nitrogen and oxygen atoms in total. The summed E-state index contributed by atoms with van der Waals surface area (Å²) in [6, 6.07) is 15.9. The lowest BCUT2D eigenvalue weighted by atomic mass is 10.2. The zero-order valence-corrected chi connectivity index (χ0v) is 20.2. The summed E-state index contributed by atoms with van der Waals surface area (Å²) in [7, 11) is 0. The van der Waals surface area contributed by atoms with E-state index >= 15 is 0 Å². The molecule has 4 rings (SSSR count). The van der Waals surface area contributed by atoms with Crippen molar-refractivity contribution in [1.82, 2.24) is 19.1 Å². The number of pyridine rings is 1. The molecule has 2 N–H and O–H groups in total. The van der Waals surface area contributed by atoms with E-state index in [1.807, 2.05) is 0 Å². The summed E-state index contributed by atoms with van der Waals surface area (Å²) in [5, 5.41) is 12.7. The van der Waals surface area contributed by atoms with Gasteiger partial charge in [0.2, 0.25) is 11.8 Å². The normalized spacial score (nSPS) is 11.6. The first-order valence-electron chi connectivity index (χ1n) is 11.0. The van der Waals surface area contributed by atoms with Crippen molar-refractivity contribution in [3.63, 3.8) is 0 Å². The number of aromatic nitrogens is 4. The Morgan fingerprint density at radius 3 is 2.41 bits per heavy atom. The maximum absolute atomic E-state index is 13.3. The van der Waals surface area contributed by atoms with Crippen LogP contribution in [0.15, 0.2) is 76.4 Å². The molecular weight excluding hydrogens is 505 g/mol. The van der Waals surface area contributed by atoms with Gasteiger partial charge in [0.25, 0.3) is 0 Å². The van der Waals surface area contributed by atoms with E-state index in [9.17, 15) is 23.9 Å². The molecule has 0 saturated carbocycles. The Hall–Kier alpha value is -4.51. The predicted molar refractivity (Wildman–Crippen MR) is 134 cm³/mol. The first-order valence-corrected chi connectivity index (χ1v) is 11.4. The van der Waals surface area contributed by atoms with Crippen LogP contribution < -0.4 is 21.4 Å². The molecule has 0 aliphatic carbocycles. The van der Waals surface area contributed by atoms with Gasteiger partial charge < -0.3 is 15.2 Å². The minimum Gasteiger partial charge on any atom is -0.481 e. The van der Waals surface area contributed by atoms with Crippen LogP contribution in [0, 0.1) is 11.7 Å². The number of rotatable bonds is 9. The minimum absolute atomic E-state index is 0.0296. The zero-order chi connectivity index (χ0) is 26.5. The Morgan fingerprint density at radius 2 is 1.78 bits per heavy atom. The van der Waals surface area contributed by atoms with Crippen LogP contribution in [0.1, 0.15) is 12.5 Å². The maximum atomic E-state index is 13.3. The molecule has 0 amide bonds. The first-order chi connectivity index (χ1) is 17.7. The van der Waals surface area contributed by atoms with Crippen LogP contribution in [0.4, 0.5) is 16.0 Å². The summed E-state index contributed by atoms with van der Waals surface area (Å²) in [6.07, 6.45) is 1.04. The highest BCUT2D eigenvalue weighted by atomic mass is 35.5. The number of anilines is 2. The highest BCUT2D eigenvalue weighted by Gasteiger charge is 2.19. The molecule has 0 aliphatic heterocycles. The van der Waals surface area contributed by atoms with E-state index in [1.54, 1.807) is 48.5 Å². The number of hydrogen-bond acceptors (Lipinski definition) is 7.